The van der Waals surface area contributed by atoms with E-state index in [1.165, 1.54) is 4.68 Å². The molecule has 1 N–H and O–H groups in total. The maximum Gasteiger partial charge on any atom is 0.287 e. The summed E-state index contributed by atoms with van der Waals surface area (Å²) in [5.74, 6) is 0. The number of nitrogens with one attached hydrogen (secondary N) is 1. The van der Waals surface area contributed by atoms with Crippen LogP contribution in [0, 0.1) is 0 Å². The van der Waals surface area contributed by atoms with Crippen LogP contribution >= 0.6 is 22.9 Å². The third kappa shape index (κ3) is 3.05. The van der Waals surface area contributed by atoms with E-state index in [-0.39, 0.29) is 16.6 Å². The molecule has 100 valence electrons. The second-order valence-corrected chi connectivity index (χ2v) is 5.23. The molecular formula is C13H14ClN3OS. The number of thiophene rings is 1. The highest BCUT2D eigenvalue weighted by molar-refractivity contribution is 7.08. The van der Waals surface area contributed by atoms with Crippen molar-refractivity contribution in [3.8, 4) is 0 Å². The van der Waals surface area contributed by atoms with Crippen molar-refractivity contribution < 1.29 is 0 Å². The fourth-order valence-corrected chi connectivity index (χ4v) is 2.61. The summed E-state index contributed by atoms with van der Waals surface area (Å²) in [4.78, 5) is 11.9. The first-order valence-corrected chi connectivity index (χ1v) is 7.10. The minimum atomic E-state index is -0.316. The van der Waals surface area contributed by atoms with Crippen molar-refractivity contribution in [1.82, 2.24) is 9.78 Å². The van der Waals surface area contributed by atoms with Crippen LogP contribution in [0.4, 0.5) is 5.69 Å². The molecule has 0 aromatic carbocycles. The molecule has 0 saturated carbocycles. The van der Waals surface area contributed by atoms with Gasteiger partial charge in [0, 0.05) is 6.04 Å². The molecule has 4 nitrogen and oxygen atoms in total. The van der Waals surface area contributed by atoms with Gasteiger partial charge in [-0.1, -0.05) is 17.7 Å². The number of aromatic nitrogens is 2. The maximum atomic E-state index is 11.9. The molecule has 1 atom stereocenters. The summed E-state index contributed by atoms with van der Waals surface area (Å²) in [6.45, 7) is 5.93. The number of hydrogen-bond donors (Lipinski definition) is 1. The van der Waals surface area contributed by atoms with Crippen molar-refractivity contribution in [3.63, 3.8) is 0 Å². The van der Waals surface area contributed by atoms with Gasteiger partial charge in [0.1, 0.15) is 5.02 Å². The summed E-state index contributed by atoms with van der Waals surface area (Å²) in [6.07, 6.45) is 3.17. The third-order valence-electron chi connectivity index (χ3n) is 2.70. The lowest BCUT2D eigenvalue weighted by Crippen LogP contribution is -2.24. The summed E-state index contributed by atoms with van der Waals surface area (Å²) >= 11 is 7.70. The number of anilines is 1. The first-order chi connectivity index (χ1) is 9.13. The number of allylic oxidation sites excluding steroid dienone is 1. The lowest BCUT2D eigenvalue weighted by molar-refractivity contribution is 0.652. The van der Waals surface area contributed by atoms with Crippen LogP contribution in [-0.2, 0) is 6.54 Å². The Labute approximate surface area is 120 Å². The van der Waals surface area contributed by atoms with Gasteiger partial charge in [-0.25, -0.2) is 4.68 Å². The van der Waals surface area contributed by atoms with E-state index >= 15 is 0 Å². The summed E-state index contributed by atoms with van der Waals surface area (Å²) in [7, 11) is 0. The van der Waals surface area contributed by atoms with Crippen LogP contribution in [0.2, 0.25) is 5.02 Å². The van der Waals surface area contributed by atoms with E-state index in [9.17, 15) is 4.79 Å². The second kappa shape index (κ2) is 6.04. The quantitative estimate of drug-likeness (QED) is 0.861. The van der Waals surface area contributed by atoms with Crippen molar-refractivity contribution in [2.24, 2.45) is 0 Å². The zero-order valence-corrected chi connectivity index (χ0v) is 12.0. The number of hydrogen-bond acceptors (Lipinski definition) is 4. The van der Waals surface area contributed by atoms with Gasteiger partial charge in [0.2, 0.25) is 0 Å². The van der Waals surface area contributed by atoms with Gasteiger partial charge in [0.05, 0.1) is 18.4 Å². The predicted octanol–water partition coefficient (Wildman–Crippen LogP) is 3.32. The molecule has 19 heavy (non-hydrogen) atoms. The molecule has 2 heterocycles. The van der Waals surface area contributed by atoms with Crippen molar-refractivity contribution in [1.29, 1.82) is 0 Å². The summed E-state index contributed by atoms with van der Waals surface area (Å²) in [5, 5.41) is 11.5. The highest BCUT2D eigenvalue weighted by Crippen LogP contribution is 2.23. The highest BCUT2D eigenvalue weighted by atomic mass is 35.5. The normalized spacial score (nSPS) is 12.1. The van der Waals surface area contributed by atoms with Crippen LogP contribution in [0.5, 0.6) is 0 Å². The number of nitrogens with zero attached hydrogens (tertiary/aromatic N) is 2. The topological polar surface area (TPSA) is 46.9 Å². The second-order valence-electron chi connectivity index (χ2n) is 4.07. The molecule has 2 rings (SSSR count). The van der Waals surface area contributed by atoms with Crippen molar-refractivity contribution in [2.45, 2.75) is 19.5 Å². The average Bonchev–Trinajstić information content (AvgIpc) is 2.92. The lowest BCUT2D eigenvalue weighted by Gasteiger charge is -2.15. The van der Waals surface area contributed by atoms with Crippen LogP contribution in [-0.4, -0.2) is 9.78 Å². The van der Waals surface area contributed by atoms with Crippen molar-refractivity contribution >= 4 is 28.6 Å². The van der Waals surface area contributed by atoms with Gasteiger partial charge in [-0.2, -0.15) is 16.4 Å². The van der Waals surface area contributed by atoms with E-state index < -0.39 is 0 Å². The molecule has 0 fully saturated rings. The van der Waals surface area contributed by atoms with E-state index in [4.69, 9.17) is 11.6 Å². The summed E-state index contributed by atoms with van der Waals surface area (Å²) < 4.78 is 1.27. The van der Waals surface area contributed by atoms with Gasteiger partial charge in [0.15, 0.2) is 0 Å². The molecule has 0 saturated heterocycles. The predicted molar refractivity (Wildman–Crippen MR) is 80.1 cm³/mol. The molecule has 0 aliphatic heterocycles. The Morgan fingerprint density at radius 3 is 3.11 bits per heavy atom. The Hall–Kier alpha value is -1.59. The van der Waals surface area contributed by atoms with Gasteiger partial charge < -0.3 is 5.32 Å². The Morgan fingerprint density at radius 2 is 2.47 bits per heavy atom. The first kappa shape index (κ1) is 13.8. The Balaban J connectivity index is 2.24. The molecular weight excluding hydrogens is 282 g/mol. The molecule has 0 aliphatic rings. The van der Waals surface area contributed by atoms with E-state index in [2.05, 4.69) is 22.4 Å². The monoisotopic (exact) mass is 295 g/mol. The fourth-order valence-electron chi connectivity index (χ4n) is 1.66. The van der Waals surface area contributed by atoms with Gasteiger partial charge in [-0.3, -0.25) is 4.79 Å². The molecule has 0 aliphatic carbocycles. The molecule has 2 aromatic heterocycles. The Bertz CT molecular complexity index is 621. The third-order valence-corrected chi connectivity index (χ3v) is 3.77. The van der Waals surface area contributed by atoms with Crippen LogP contribution in [0.3, 0.4) is 0 Å². The zero-order chi connectivity index (χ0) is 13.8. The molecule has 1 unspecified atom stereocenters. The molecule has 0 radical (unpaired) electrons. The van der Waals surface area contributed by atoms with E-state index in [1.54, 1.807) is 23.6 Å². The van der Waals surface area contributed by atoms with Crippen molar-refractivity contribution in [3.05, 3.63) is 56.6 Å². The molecule has 2 aromatic rings. The van der Waals surface area contributed by atoms with Crippen molar-refractivity contribution in [2.75, 3.05) is 5.32 Å². The lowest BCUT2D eigenvalue weighted by atomic mass is 10.2. The Kier molecular flexibility index (Phi) is 4.39. The molecule has 0 spiro atoms. The van der Waals surface area contributed by atoms with Gasteiger partial charge >= 0.3 is 0 Å². The van der Waals surface area contributed by atoms with Crippen LogP contribution < -0.4 is 10.9 Å². The number of halogens is 1. The smallest absolute Gasteiger partial charge is 0.287 e. The van der Waals surface area contributed by atoms with Crippen LogP contribution in [0.15, 0.2) is 40.5 Å². The standard InChI is InChI=1S/C13H14ClN3OS/c1-3-5-17-13(18)12(14)11(7-15-17)16-9(2)10-4-6-19-8-10/h3-4,6-9,16H,1,5H2,2H3. The molecule has 6 heteroatoms. The zero-order valence-electron chi connectivity index (χ0n) is 10.5. The largest absolute Gasteiger partial charge is 0.376 e. The van der Waals surface area contributed by atoms with Crippen LogP contribution in [0.25, 0.3) is 0 Å². The van der Waals surface area contributed by atoms with E-state index in [1.807, 2.05) is 18.4 Å². The minimum Gasteiger partial charge on any atom is -0.376 e. The van der Waals surface area contributed by atoms with Gasteiger partial charge in [-0.05, 0) is 29.3 Å². The number of rotatable bonds is 5. The van der Waals surface area contributed by atoms with E-state index in [0.29, 0.717) is 12.2 Å². The highest BCUT2D eigenvalue weighted by Gasteiger charge is 2.12. The maximum absolute atomic E-state index is 11.9. The van der Waals surface area contributed by atoms with Gasteiger partial charge in [0.25, 0.3) is 5.56 Å². The van der Waals surface area contributed by atoms with Gasteiger partial charge in [-0.15, -0.1) is 6.58 Å². The fraction of sp³-hybridized carbons (Fsp3) is 0.231. The summed E-state index contributed by atoms with van der Waals surface area (Å²) in [5.41, 5.74) is 1.38. The molecule has 0 bridgehead atoms. The minimum absolute atomic E-state index is 0.0696. The first-order valence-electron chi connectivity index (χ1n) is 5.78. The van der Waals surface area contributed by atoms with Crippen LogP contribution in [0.1, 0.15) is 18.5 Å². The summed E-state index contributed by atoms with van der Waals surface area (Å²) in [6, 6.07) is 2.10. The Morgan fingerprint density at radius 1 is 1.68 bits per heavy atom. The average molecular weight is 296 g/mol. The SMILES string of the molecule is C=CCn1ncc(NC(C)c2ccsc2)c(Cl)c1=O. The molecule has 0 amide bonds. The van der Waals surface area contributed by atoms with E-state index in [0.717, 1.165) is 5.56 Å².